The molecule has 0 aromatic rings. The third-order valence-electron chi connectivity index (χ3n) is 2.80. The Kier molecular flexibility index (Phi) is 1.98. The van der Waals surface area contributed by atoms with Gasteiger partial charge in [0.2, 0.25) is 0 Å². The molecule has 2 atom stereocenters. The van der Waals surface area contributed by atoms with Crippen molar-refractivity contribution in [1.82, 2.24) is 4.90 Å². The van der Waals surface area contributed by atoms with Crippen LogP contribution in [0.4, 0.5) is 0 Å². The van der Waals surface area contributed by atoms with Crippen molar-refractivity contribution in [2.75, 3.05) is 6.54 Å². The molecule has 2 aliphatic heterocycles. The van der Waals surface area contributed by atoms with Crippen LogP contribution in [0.2, 0.25) is 0 Å². The van der Waals surface area contributed by atoms with Crippen LogP contribution >= 0.6 is 12.6 Å². The van der Waals surface area contributed by atoms with Crippen LogP contribution in [-0.4, -0.2) is 28.8 Å². The van der Waals surface area contributed by atoms with E-state index in [2.05, 4.69) is 36.6 Å². The van der Waals surface area contributed by atoms with Gasteiger partial charge in [0.05, 0.1) is 0 Å². The normalized spacial score (nSPS) is 43.3. The number of hydrogen-bond acceptors (Lipinski definition) is 2. The van der Waals surface area contributed by atoms with Gasteiger partial charge < -0.3 is 0 Å². The molecular formula is C9H15NS. The fourth-order valence-corrected chi connectivity index (χ4v) is 2.71. The van der Waals surface area contributed by atoms with E-state index >= 15 is 0 Å². The Labute approximate surface area is 73.9 Å². The van der Waals surface area contributed by atoms with Crippen molar-refractivity contribution in [3.05, 3.63) is 12.2 Å². The monoisotopic (exact) mass is 169 g/mol. The maximum Gasteiger partial charge on any atom is 0.0295 e. The first-order valence-electron chi connectivity index (χ1n) is 4.43. The molecule has 1 nitrogen and oxygen atoms in total. The van der Waals surface area contributed by atoms with E-state index in [1.54, 1.807) is 0 Å². The van der Waals surface area contributed by atoms with Crippen molar-refractivity contribution >= 4 is 12.6 Å². The summed E-state index contributed by atoms with van der Waals surface area (Å²) in [5.74, 6) is 0. The second-order valence-electron chi connectivity index (χ2n) is 3.48. The Bertz CT molecular complexity index is 162. The second kappa shape index (κ2) is 2.83. The summed E-state index contributed by atoms with van der Waals surface area (Å²) in [4.78, 5) is 2.56. The first-order chi connectivity index (χ1) is 5.31. The number of likely N-dealkylation sites (N-methyl/N-ethyl adjacent to an activating group) is 1. The summed E-state index contributed by atoms with van der Waals surface area (Å²) in [6.07, 6.45) is 7.18. The van der Waals surface area contributed by atoms with Gasteiger partial charge in [0.25, 0.3) is 0 Å². The standard InChI is InChI=1S/C9H15NS/c1-2-10-7-3-4-8(10)6-9(11)5-7/h3-4,7-9,11H,2,5-6H2,1H3. The molecule has 0 aromatic carbocycles. The van der Waals surface area contributed by atoms with Crippen LogP contribution in [0.15, 0.2) is 12.2 Å². The van der Waals surface area contributed by atoms with E-state index in [0.717, 1.165) is 0 Å². The van der Waals surface area contributed by atoms with E-state index < -0.39 is 0 Å². The summed E-state index contributed by atoms with van der Waals surface area (Å²) in [7, 11) is 0. The van der Waals surface area contributed by atoms with Crippen LogP contribution in [0, 0.1) is 0 Å². The van der Waals surface area contributed by atoms with Crippen molar-refractivity contribution in [2.24, 2.45) is 0 Å². The van der Waals surface area contributed by atoms with Crippen molar-refractivity contribution in [3.63, 3.8) is 0 Å². The number of thiol groups is 1. The third-order valence-corrected chi connectivity index (χ3v) is 3.22. The molecule has 2 heterocycles. The molecule has 2 bridgehead atoms. The highest BCUT2D eigenvalue weighted by atomic mass is 32.1. The minimum atomic E-state index is 0.628. The number of fused-ring (bicyclic) bond motifs is 2. The Morgan fingerprint density at radius 1 is 1.36 bits per heavy atom. The fraction of sp³-hybridized carbons (Fsp3) is 0.778. The average molecular weight is 169 g/mol. The predicted octanol–water partition coefficient (Wildman–Crippen LogP) is 1.71. The molecule has 2 unspecified atom stereocenters. The summed E-state index contributed by atoms with van der Waals surface area (Å²) in [5, 5.41) is 0.628. The van der Waals surface area contributed by atoms with Crippen LogP contribution < -0.4 is 0 Å². The maximum absolute atomic E-state index is 4.53. The van der Waals surface area contributed by atoms with Gasteiger partial charge in [0.1, 0.15) is 0 Å². The Morgan fingerprint density at radius 3 is 2.36 bits per heavy atom. The van der Waals surface area contributed by atoms with E-state index in [9.17, 15) is 0 Å². The van der Waals surface area contributed by atoms with Gasteiger partial charge in [0, 0.05) is 17.3 Å². The van der Waals surface area contributed by atoms with Gasteiger partial charge in [-0.15, -0.1) is 0 Å². The largest absolute Gasteiger partial charge is 0.291 e. The van der Waals surface area contributed by atoms with Gasteiger partial charge in [0.15, 0.2) is 0 Å². The quantitative estimate of drug-likeness (QED) is 0.462. The molecular weight excluding hydrogens is 154 g/mol. The zero-order valence-corrected chi connectivity index (χ0v) is 7.80. The lowest BCUT2D eigenvalue weighted by molar-refractivity contribution is 0.169. The second-order valence-corrected chi connectivity index (χ2v) is 4.21. The molecule has 0 N–H and O–H groups in total. The van der Waals surface area contributed by atoms with Crippen LogP contribution in [-0.2, 0) is 0 Å². The molecule has 0 spiro atoms. The Hall–Kier alpha value is 0.0500. The maximum atomic E-state index is 4.53. The van der Waals surface area contributed by atoms with E-state index in [1.807, 2.05) is 0 Å². The lowest BCUT2D eigenvalue weighted by Gasteiger charge is -2.36. The number of rotatable bonds is 1. The van der Waals surface area contributed by atoms with Crippen molar-refractivity contribution < 1.29 is 0 Å². The van der Waals surface area contributed by atoms with Gasteiger partial charge in [-0.2, -0.15) is 12.6 Å². The smallest absolute Gasteiger partial charge is 0.0295 e. The highest BCUT2D eigenvalue weighted by Gasteiger charge is 2.34. The summed E-state index contributed by atoms with van der Waals surface area (Å²) < 4.78 is 0. The van der Waals surface area contributed by atoms with Gasteiger partial charge in [-0.05, 0) is 19.4 Å². The van der Waals surface area contributed by atoms with Crippen molar-refractivity contribution in [1.29, 1.82) is 0 Å². The molecule has 2 rings (SSSR count). The Morgan fingerprint density at radius 2 is 1.91 bits per heavy atom. The van der Waals surface area contributed by atoms with Gasteiger partial charge in [-0.1, -0.05) is 19.1 Å². The average Bonchev–Trinajstić information content (AvgIpc) is 2.23. The first-order valence-corrected chi connectivity index (χ1v) is 4.95. The minimum Gasteiger partial charge on any atom is -0.291 e. The number of piperidine rings is 1. The molecule has 0 saturated carbocycles. The van der Waals surface area contributed by atoms with E-state index in [1.165, 1.54) is 19.4 Å². The molecule has 11 heavy (non-hydrogen) atoms. The molecule has 1 saturated heterocycles. The van der Waals surface area contributed by atoms with E-state index in [-0.39, 0.29) is 0 Å². The Balaban J connectivity index is 2.11. The van der Waals surface area contributed by atoms with Crippen LogP contribution in [0.3, 0.4) is 0 Å². The molecule has 1 fully saturated rings. The topological polar surface area (TPSA) is 3.24 Å². The minimum absolute atomic E-state index is 0.628. The first kappa shape index (κ1) is 7.69. The molecule has 0 amide bonds. The number of hydrogen-bond donors (Lipinski definition) is 1. The lowest BCUT2D eigenvalue weighted by Crippen LogP contribution is -2.43. The van der Waals surface area contributed by atoms with Crippen molar-refractivity contribution in [2.45, 2.75) is 37.1 Å². The van der Waals surface area contributed by atoms with Gasteiger partial charge in [-0.25, -0.2) is 0 Å². The fourth-order valence-electron chi connectivity index (χ4n) is 2.27. The van der Waals surface area contributed by atoms with E-state index in [4.69, 9.17) is 0 Å². The highest BCUT2D eigenvalue weighted by molar-refractivity contribution is 7.80. The highest BCUT2D eigenvalue weighted by Crippen LogP contribution is 2.32. The zero-order chi connectivity index (χ0) is 7.84. The zero-order valence-electron chi connectivity index (χ0n) is 6.90. The molecule has 0 aromatic heterocycles. The summed E-state index contributed by atoms with van der Waals surface area (Å²) in [6.45, 7) is 3.43. The lowest BCUT2D eigenvalue weighted by atomic mass is 10.0. The van der Waals surface area contributed by atoms with Crippen molar-refractivity contribution in [3.8, 4) is 0 Å². The predicted molar refractivity (Wildman–Crippen MR) is 51.1 cm³/mol. The number of nitrogens with zero attached hydrogens (tertiary/aromatic N) is 1. The van der Waals surface area contributed by atoms with Gasteiger partial charge >= 0.3 is 0 Å². The molecule has 62 valence electrons. The third kappa shape index (κ3) is 1.23. The molecule has 2 aliphatic rings. The van der Waals surface area contributed by atoms with Crippen LogP contribution in [0.1, 0.15) is 19.8 Å². The SMILES string of the molecule is CCN1C2C=CC1CC(S)C2. The van der Waals surface area contributed by atoms with E-state index in [0.29, 0.717) is 17.3 Å². The molecule has 0 radical (unpaired) electrons. The molecule has 0 aliphatic carbocycles. The summed E-state index contributed by atoms with van der Waals surface area (Å²) in [6, 6.07) is 1.39. The molecule has 2 heteroatoms. The summed E-state index contributed by atoms with van der Waals surface area (Å²) in [5.41, 5.74) is 0. The summed E-state index contributed by atoms with van der Waals surface area (Å²) >= 11 is 4.53. The van der Waals surface area contributed by atoms with Gasteiger partial charge in [-0.3, -0.25) is 4.90 Å². The van der Waals surface area contributed by atoms with Crippen LogP contribution in [0.25, 0.3) is 0 Å². The van der Waals surface area contributed by atoms with Crippen LogP contribution in [0.5, 0.6) is 0 Å².